The van der Waals surface area contributed by atoms with Crippen molar-refractivity contribution in [1.82, 2.24) is 0 Å². The molecule has 3 aliphatic heterocycles. The molecule has 0 aromatic rings. The third kappa shape index (κ3) is 8.15. The minimum Gasteiger partial charge on any atom is -0.388 e. The standard InChI is InChI=1S/C25H44O15/c1-3-5-6-7-11(4-2)38-25-22(34)19(31)17(29)14(40-25)10-37-24-21(33)18(30)16(28)13(39-24)9-36-23-20(32)15(27)12(26)8-35-23/h4,11-34H,2-3,5-10H2,1H3/t11-,12-,13+,14+,15-,16+,17+,18-,19-,20+,21+,22+,23-,24+,25+/m0/s1. The quantitative estimate of drug-likeness (QED) is 0.0746. The van der Waals surface area contributed by atoms with E-state index in [-0.39, 0.29) is 6.61 Å². The molecule has 3 aliphatic rings. The molecule has 0 bridgehead atoms. The zero-order chi connectivity index (χ0) is 29.6. The molecule has 0 aromatic heterocycles. The Bertz CT molecular complexity index is 760. The zero-order valence-electron chi connectivity index (χ0n) is 22.4. The van der Waals surface area contributed by atoms with Crippen LogP contribution in [0.4, 0.5) is 0 Å². The molecule has 234 valence electrons. The lowest BCUT2D eigenvalue weighted by Crippen LogP contribution is -2.62. The van der Waals surface area contributed by atoms with Crippen LogP contribution in [0.5, 0.6) is 0 Å². The fourth-order valence-corrected chi connectivity index (χ4v) is 4.67. The molecule has 0 aromatic carbocycles. The van der Waals surface area contributed by atoms with Crippen molar-refractivity contribution >= 4 is 0 Å². The van der Waals surface area contributed by atoms with Crippen LogP contribution in [0.25, 0.3) is 0 Å². The third-order valence-corrected chi connectivity index (χ3v) is 7.30. The van der Waals surface area contributed by atoms with Gasteiger partial charge in [0.2, 0.25) is 0 Å². The van der Waals surface area contributed by atoms with Crippen LogP contribution in [0.2, 0.25) is 0 Å². The minimum atomic E-state index is -1.74. The Balaban J connectivity index is 1.57. The molecule has 0 amide bonds. The van der Waals surface area contributed by atoms with Crippen molar-refractivity contribution in [2.24, 2.45) is 0 Å². The van der Waals surface area contributed by atoms with Crippen molar-refractivity contribution in [3.05, 3.63) is 12.7 Å². The van der Waals surface area contributed by atoms with E-state index in [1.165, 1.54) is 0 Å². The minimum absolute atomic E-state index is 0.314. The molecule has 0 saturated carbocycles. The topological polar surface area (TPSA) is 237 Å². The van der Waals surface area contributed by atoms with E-state index in [0.29, 0.717) is 6.42 Å². The van der Waals surface area contributed by atoms with Gasteiger partial charge < -0.3 is 74.4 Å². The highest BCUT2D eigenvalue weighted by molar-refractivity contribution is 4.93. The summed E-state index contributed by atoms with van der Waals surface area (Å²) < 4.78 is 33.0. The van der Waals surface area contributed by atoms with E-state index in [1.54, 1.807) is 6.08 Å². The Labute approximate surface area is 232 Å². The van der Waals surface area contributed by atoms with Crippen LogP contribution in [0.3, 0.4) is 0 Å². The Kier molecular flexibility index (Phi) is 13.1. The molecule has 0 spiro atoms. The summed E-state index contributed by atoms with van der Waals surface area (Å²) in [5.74, 6) is 0. The summed E-state index contributed by atoms with van der Waals surface area (Å²) in [4.78, 5) is 0. The summed E-state index contributed by atoms with van der Waals surface area (Å²) in [6.07, 6.45) is -16.6. The number of hydrogen-bond donors (Lipinski definition) is 9. The summed E-state index contributed by atoms with van der Waals surface area (Å²) in [6, 6.07) is 0. The second-order valence-electron chi connectivity index (χ2n) is 10.4. The number of unbranched alkanes of at least 4 members (excludes halogenated alkanes) is 2. The van der Waals surface area contributed by atoms with Gasteiger partial charge in [-0.15, -0.1) is 6.58 Å². The van der Waals surface area contributed by atoms with Gasteiger partial charge in [-0.3, -0.25) is 0 Å². The monoisotopic (exact) mass is 584 g/mol. The summed E-state index contributed by atoms with van der Waals surface area (Å²) in [5.41, 5.74) is 0. The Morgan fingerprint density at radius 3 is 1.80 bits per heavy atom. The first kappa shape index (κ1) is 33.6. The van der Waals surface area contributed by atoms with E-state index in [2.05, 4.69) is 13.5 Å². The van der Waals surface area contributed by atoms with Gasteiger partial charge in [-0.25, -0.2) is 0 Å². The van der Waals surface area contributed by atoms with Crippen molar-refractivity contribution in [2.45, 2.75) is 125 Å². The lowest BCUT2D eigenvalue weighted by Gasteiger charge is -2.43. The average Bonchev–Trinajstić information content (AvgIpc) is 2.94. The summed E-state index contributed by atoms with van der Waals surface area (Å²) in [5, 5.41) is 91.6. The van der Waals surface area contributed by atoms with Gasteiger partial charge >= 0.3 is 0 Å². The van der Waals surface area contributed by atoms with Crippen molar-refractivity contribution in [1.29, 1.82) is 0 Å². The van der Waals surface area contributed by atoms with Gasteiger partial charge in [-0.05, 0) is 6.42 Å². The highest BCUT2D eigenvalue weighted by Crippen LogP contribution is 2.28. The van der Waals surface area contributed by atoms with Crippen LogP contribution >= 0.6 is 0 Å². The third-order valence-electron chi connectivity index (χ3n) is 7.30. The molecular weight excluding hydrogens is 540 g/mol. The lowest BCUT2D eigenvalue weighted by atomic mass is 9.98. The molecule has 0 unspecified atom stereocenters. The first-order valence-electron chi connectivity index (χ1n) is 13.6. The van der Waals surface area contributed by atoms with Crippen LogP contribution in [0.1, 0.15) is 32.6 Å². The molecule has 15 nitrogen and oxygen atoms in total. The number of ether oxygens (including phenoxy) is 6. The Hall–Kier alpha value is -0.860. The predicted octanol–water partition coefficient (Wildman–Crippen LogP) is -3.77. The fraction of sp³-hybridized carbons (Fsp3) is 0.920. The normalized spacial score (nSPS) is 45.2. The summed E-state index contributed by atoms with van der Waals surface area (Å²) in [6.45, 7) is 4.51. The van der Waals surface area contributed by atoms with Gasteiger partial charge in [0.1, 0.15) is 67.1 Å². The molecule has 3 heterocycles. The number of aliphatic hydroxyl groups is 9. The summed E-state index contributed by atoms with van der Waals surface area (Å²) in [7, 11) is 0. The van der Waals surface area contributed by atoms with Gasteiger partial charge in [0, 0.05) is 0 Å². The van der Waals surface area contributed by atoms with Crippen LogP contribution in [-0.4, -0.2) is 158 Å². The molecule has 0 radical (unpaired) electrons. The van der Waals surface area contributed by atoms with Gasteiger partial charge in [-0.1, -0.05) is 32.3 Å². The molecule has 40 heavy (non-hydrogen) atoms. The molecular formula is C25H44O15. The maximum Gasteiger partial charge on any atom is 0.187 e. The Morgan fingerprint density at radius 2 is 1.23 bits per heavy atom. The molecule has 0 aliphatic carbocycles. The smallest absolute Gasteiger partial charge is 0.187 e. The maximum absolute atomic E-state index is 10.4. The summed E-state index contributed by atoms with van der Waals surface area (Å²) >= 11 is 0. The van der Waals surface area contributed by atoms with E-state index in [1.807, 2.05) is 0 Å². The van der Waals surface area contributed by atoms with E-state index in [4.69, 9.17) is 28.4 Å². The lowest BCUT2D eigenvalue weighted by molar-refractivity contribution is -0.340. The van der Waals surface area contributed by atoms with Crippen LogP contribution in [-0.2, 0) is 28.4 Å². The van der Waals surface area contributed by atoms with Gasteiger partial charge in [0.15, 0.2) is 18.9 Å². The van der Waals surface area contributed by atoms with E-state index < -0.39 is 105 Å². The second-order valence-corrected chi connectivity index (χ2v) is 10.4. The van der Waals surface area contributed by atoms with Gasteiger partial charge in [0.25, 0.3) is 0 Å². The first-order chi connectivity index (χ1) is 19.0. The van der Waals surface area contributed by atoms with Crippen molar-refractivity contribution in [3.63, 3.8) is 0 Å². The van der Waals surface area contributed by atoms with Crippen LogP contribution in [0, 0.1) is 0 Å². The fourth-order valence-electron chi connectivity index (χ4n) is 4.67. The van der Waals surface area contributed by atoms with Crippen molar-refractivity contribution in [2.75, 3.05) is 19.8 Å². The zero-order valence-corrected chi connectivity index (χ0v) is 22.4. The number of rotatable bonds is 13. The number of aliphatic hydroxyl groups excluding tert-OH is 9. The molecule has 3 rings (SSSR count). The van der Waals surface area contributed by atoms with Gasteiger partial charge in [-0.2, -0.15) is 0 Å². The molecule has 3 fully saturated rings. The highest BCUT2D eigenvalue weighted by Gasteiger charge is 2.48. The van der Waals surface area contributed by atoms with Crippen molar-refractivity contribution in [3.8, 4) is 0 Å². The Morgan fingerprint density at radius 1 is 0.700 bits per heavy atom. The van der Waals surface area contributed by atoms with Crippen molar-refractivity contribution < 1.29 is 74.4 Å². The van der Waals surface area contributed by atoms with E-state index >= 15 is 0 Å². The number of hydrogen-bond acceptors (Lipinski definition) is 15. The predicted molar refractivity (Wildman–Crippen MR) is 132 cm³/mol. The molecule has 3 saturated heterocycles. The van der Waals surface area contributed by atoms with Crippen LogP contribution < -0.4 is 0 Å². The highest BCUT2D eigenvalue weighted by atomic mass is 16.7. The molecule has 9 N–H and O–H groups in total. The first-order valence-corrected chi connectivity index (χ1v) is 13.6. The SMILES string of the molecule is C=C[C@@H](CCCCC)O[C@@H]1O[C@H](CO[C@@H]2O[C@H](CO[C@@H]3OC[C@H](O)[C@H](O)[C@H]3O)[C@@H](O)[C@H](O)[C@H]2O)[C@@H](O)[C@H](O)[C@H]1O. The van der Waals surface area contributed by atoms with Gasteiger partial charge in [0.05, 0.1) is 25.9 Å². The maximum atomic E-state index is 10.4. The van der Waals surface area contributed by atoms with E-state index in [0.717, 1.165) is 19.3 Å². The molecule has 15 heteroatoms. The second kappa shape index (κ2) is 15.6. The average molecular weight is 585 g/mol. The largest absolute Gasteiger partial charge is 0.388 e. The molecule has 15 atom stereocenters. The van der Waals surface area contributed by atoms with Crippen LogP contribution in [0.15, 0.2) is 12.7 Å². The van der Waals surface area contributed by atoms with E-state index in [9.17, 15) is 46.0 Å².